The van der Waals surface area contributed by atoms with E-state index in [4.69, 9.17) is 4.42 Å². The molecule has 2 aromatic rings. The molecule has 0 radical (unpaired) electrons. The van der Waals surface area contributed by atoms with Crippen molar-refractivity contribution in [2.24, 2.45) is 0 Å². The van der Waals surface area contributed by atoms with Gasteiger partial charge in [-0.3, -0.25) is 4.79 Å². The van der Waals surface area contributed by atoms with Crippen molar-refractivity contribution in [2.45, 2.75) is 26.2 Å². The van der Waals surface area contributed by atoms with Crippen molar-refractivity contribution in [2.75, 3.05) is 25.9 Å². The van der Waals surface area contributed by atoms with Crippen LogP contribution in [0.1, 0.15) is 25.5 Å². The molecule has 8 heteroatoms. The molecule has 1 aromatic carbocycles. The van der Waals surface area contributed by atoms with Crippen molar-refractivity contribution in [1.29, 1.82) is 0 Å². The third kappa shape index (κ3) is 6.18. The van der Waals surface area contributed by atoms with Gasteiger partial charge < -0.3 is 9.73 Å². The van der Waals surface area contributed by atoms with Gasteiger partial charge in [-0.15, -0.1) is 0 Å². The molecule has 1 aromatic heterocycles. The predicted molar refractivity (Wildman–Crippen MR) is 102 cm³/mol. The van der Waals surface area contributed by atoms with Crippen LogP contribution in [0.15, 0.2) is 40.8 Å². The Morgan fingerprint density at radius 3 is 2.67 bits per heavy atom. The summed E-state index contributed by atoms with van der Waals surface area (Å²) in [4.78, 5) is 11.9. The molecule has 0 saturated heterocycles. The number of furan rings is 1. The molecule has 0 aliphatic carbocycles. The van der Waals surface area contributed by atoms with Crippen LogP contribution < -0.4 is 5.32 Å². The topological polar surface area (TPSA) is 79.6 Å². The van der Waals surface area contributed by atoms with Crippen LogP contribution >= 0.6 is 0 Å². The molecule has 1 amide bonds. The van der Waals surface area contributed by atoms with Crippen LogP contribution in [-0.4, -0.2) is 44.5 Å². The molecule has 0 fully saturated rings. The Bertz CT molecular complexity index is 864. The maximum absolute atomic E-state index is 13.8. The third-order valence-corrected chi connectivity index (χ3v) is 6.07. The van der Waals surface area contributed by atoms with Crippen LogP contribution in [0.5, 0.6) is 0 Å². The summed E-state index contributed by atoms with van der Waals surface area (Å²) in [5.41, 5.74) is 0.388. The molecular weight excluding hydrogens is 371 g/mol. The lowest BCUT2D eigenvalue weighted by Crippen LogP contribution is -2.32. The summed E-state index contributed by atoms with van der Waals surface area (Å²) >= 11 is 0. The van der Waals surface area contributed by atoms with E-state index >= 15 is 0 Å². The Labute approximate surface area is 159 Å². The first-order valence-electron chi connectivity index (χ1n) is 8.88. The van der Waals surface area contributed by atoms with E-state index in [-0.39, 0.29) is 23.9 Å². The molecule has 0 aliphatic heterocycles. The van der Waals surface area contributed by atoms with Gasteiger partial charge in [0.25, 0.3) is 0 Å². The monoisotopic (exact) mass is 396 g/mol. The Kier molecular flexibility index (Phi) is 7.55. The SMILES string of the molecule is CCS(=O)(=O)N(C)CCCNC(=O)CCc1ccc(-c2ccccc2F)o1. The van der Waals surface area contributed by atoms with E-state index in [0.29, 0.717) is 43.0 Å². The lowest BCUT2D eigenvalue weighted by molar-refractivity contribution is -0.121. The molecule has 0 spiro atoms. The summed E-state index contributed by atoms with van der Waals surface area (Å²) in [7, 11) is -1.65. The standard InChI is InChI=1S/C19H25FN2O4S/c1-3-27(24,25)22(2)14-6-13-21-19(23)12-10-15-9-11-18(26-15)16-7-4-5-8-17(16)20/h4-5,7-9,11H,3,6,10,12-14H2,1-2H3,(H,21,23). The zero-order valence-electron chi connectivity index (χ0n) is 15.6. The lowest BCUT2D eigenvalue weighted by Gasteiger charge is -2.15. The molecule has 0 bridgehead atoms. The fourth-order valence-corrected chi connectivity index (χ4v) is 3.38. The number of aryl methyl sites for hydroxylation is 1. The molecule has 1 N–H and O–H groups in total. The van der Waals surface area contributed by atoms with Crippen LogP contribution in [0.3, 0.4) is 0 Å². The minimum Gasteiger partial charge on any atom is -0.461 e. The maximum atomic E-state index is 13.8. The smallest absolute Gasteiger partial charge is 0.220 e. The highest BCUT2D eigenvalue weighted by Crippen LogP contribution is 2.25. The van der Waals surface area contributed by atoms with Gasteiger partial charge in [0.2, 0.25) is 15.9 Å². The second-order valence-electron chi connectivity index (χ2n) is 6.17. The van der Waals surface area contributed by atoms with Crippen molar-refractivity contribution in [1.82, 2.24) is 9.62 Å². The van der Waals surface area contributed by atoms with Crippen LogP contribution in [0.4, 0.5) is 4.39 Å². The van der Waals surface area contributed by atoms with E-state index in [0.717, 1.165) is 0 Å². The number of carbonyl (C=O) groups excluding carboxylic acids is 1. The molecular formula is C19H25FN2O4S. The number of amides is 1. The van der Waals surface area contributed by atoms with Gasteiger partial charge in [-0.05, 0) is 37.6 Å². The first kappa shape index (κ1) is 21.1. The van der Waals surface area contributed by atoms with E-state index in [9.17, 15) is 17.6 Å². The Morgan fingerprint density at radius 2 is 1.96 bits per heavy atom. The second-order valence-corrected chi connectivity index (χ2v) is 8.54. The average Bonchev–Trinajstić information content (AvgIpc) is 3.12. The highest BCUT2D eigenvalue weighted by molar-refractivity contribution is 7.89. The van der Waals surface area contributed by atoms with Crippen LogP contribution in [-0.2, 0) is 21.2 Å². The fraction of sp³-hybridized carbons (Fsp3) is 0.421. The number of hydrogen-bond acceptors (Lipinski definition) is 4. The normalized spacial score (nSPS) is 11.7. The summed E-state index contributed by atoms with van der Waals surface area (Å²) in [6.45, 7) is 2.36. The Balaban J connectivity index is 1.73. The van der Waals surface area contributed by atoms with Gasteiger partial charge in [-0.1, -0.05) is 12.1 Å². The molecule has 0 saturated carbocycles. The summed E-state index contributed by atoms with van der Waals surface area (Å²) in [5.74, 6) is 0.611. The van der Waals surface area contributed by atoms with E-state index in [1.54, 1.807) is 37.3 Å². The van der Waals surface area contributed by atoms with Gasteiger partial charge >= 0.3 is 0 Å². The fourth-order valence-electron chi connectivity index (χ4n) is 2.53. The highest BCUT2D eigenvalue weighted by Gasteiger charge is 2.14. The zero-order chi connectivity index (χ0) is 19.9. The molecule has 27 heavy (non-hydrogen) atoms. The summed E-state index contributed by atoms with van der Waals surface area (Å²) < 4.78 is 43.9. The summed E-state index contributed by atoms with van der Waals surface area (Å²) in [6.07, 6.45) is 1.19. The third-order valence-electron chi connectivity index (χ3n) is 4.21. The number of nitrogens with zero attached hydrogens (tertiary/aromatic N) is 1. The first-order valence-corrected chi connectivity index (χ1v) is 10.5. The van der Waals surface area contributed by atoms with E-state index in [1.165, 1.54) is 17.4 Å². The van der Waals surface area contributed by atoms with Crippen molar-refractivity contribution in [3.63, 3.8) is 0 Å². The number of rotatable bonds is 10. The molecule has 6 nitrogen and oxygen atoms in total. The molecule has 0 aliphatic rings. The van der Waals surface area contributed by atoms with Crippen molar-refractivity contribution in [3.05, 3.63) is 48.0 Å². The maximum Gasteiger partial charge on any atom is 0.220 e. The van der Waals surface area contributed by atoms with Gasteiger partial charge in [0, 0.05) is 33.0 Å². The van der Waals surface area contributed by atoms with Gasteiger partial charge in [0.1, 0.15) is 17.3 Å². The van der Waals surface area contributed by atoms with Gasteiger partial charge in [0.05, 0.1) is 11.3 Å². The Hall–Kier alpha value is -2.19. The largest absolute Gasteiger partial charge is 0.461 e. The first-order chi connectivity index (χ1) is 12.8. The minimum absolute atomic E-state index is 0.0634. The predicted octanol–water partition coefficient (Wildman–Crippen LogP) is 2.81. The molecule has 2 rings (SSSR count). The zero-order valence-corrected chi connectivity index (χ0v) is 16.4. The molecule has 1 heterocycles. The van der Waals surface area contributed by atoms with Crippen molar-refractivity contribution >= 4 is 15.9 Å². The number of sulfonamides is 1. The van der Waals surface area contributed by atoms with E-state index in [2.05, 4.69) is 5.32 Å². The molecule has 148 valence electrons. The second kappa shape index (κ2) is 9.66. The number of nitrogens with one attached hydrogen (secondary N) is 1. The van der Waals surface area contributed by atoms with Crippen molar-refractivity contribution in [3.8, 4) is 11.3 Å². The quantitative estimate of drug-likeness (QED) is 0.627. The van der Waals surface area contributed by atoms with E-state index < -0.39 is 10.0 Å². The van der Waals surface area contributed by atoms with E-state index in [1.807, 2.05) is 0 Å². The highest BCUT2D eigenvalue weighted by atomic mass is 32.2. The number of carbonyl (C=O) groups is 1. The lowest BCUT2D eigenvalue weighted by atomic mass is 10.1. The van der Waals surface area contributed by atoms with Gasteiger partial charge in [-0.25, -0.2) is 17.1 Å². The number of hydrogen-bond donors (Lipinski definition) is 1. The Morgan fingerprint density at radius 1 is 1.22 bits per heavy atom. The summed E-state index contributed by atoms with van der Waals surface area (Å²) in [5, 5.41) is 2.76. The minimum atomic E-state index is -3.19. The molecule has 0 atom stereocenters. The van der Waals surface area contributed by atoms with Crippen LogP contribution in [0.25, 0.3) is 11.3 Å². The average molecular weight is 396 g/mol. The van der Waals surface area contributed by atoms with Gasteiger partial charge in [-0.2, -0.15) is 0 Å². The van der Waals surface area contributed by atoms with Crippen LogP contribution in [0.2, 0.25) is 0 Å². The summed E-state index contributed by atoms with van der Waals surface area (Å²) in [6, 6.07) is 9.78. The number of halogens is 1. The number of benzene rings is 1. The van der Waals surface area contributed by atoms with Crippen molar-refractivity contribution < 1.29 is 22.0 Å². The van der Waals surface area contributed by atoms with Crippen LogP contribution in [0, 0.1) is 5.82 Å². The molecule has 0 unspecified atom stereocenters. The van der Waals surface area contributed by atoms with Gasteiger partial charge in [0.15, 0.2) is 0 Å².